The van der Waals surface area contributed by atoms with Gasteiger partial charge in [-0.25, -0.2) is 4.98 Å². The minimum Gasteiger partial charge on any atom is -0.351 e. The molecule has 2 N–H and O–H groups in total. The Morgan fingerprint density at radius 3 is 2.61 bits per heavy atom. The van der Waals surface area contributed by atoms with Crippen molar-refractivity contribution in [3.63, 3.8) is 0 Å². The summed E-state index contributed by atoms with van der Waals surface area (Å²) in [6.45, 7) is 10.6. The summed E-state index contributed by atoms with van der Waals surface area (Å²) < 4.78 is 0. The largest absolute Gasteiger partial charge is 0.351 e. The molecule has 0 aliphatic carbocycles. The number of hydrogen-bond acceptors (Lipinski definition) is 3. The van der Waals surface area contributed by atoms with Gasteiger partial charge in [0.25, 0.3) is 0 Å². The minimum absolute atomic E-state index is 0.217. The molecule has 0 amide bonds. The van der Waals surface area contributed by atoms with Crippen LogP contribution < -0.4 is 10.6 Å². The highest BCUT2D eigenvalue weighted by Crippen LogP contribution is 2.33. The SMILES string of the molecule is CC(C)c1cc(CN)cc(N2CCCC2(C)C)n1. The monoisotopic (exact) mass is 247 g/mol. The smallest absolute Gasteiger partial charge is 0.129 e. The highest BCUT2D eigenvalue weighted by molar-refractivity contribution is 5.47. The molecule has 3 heteroatoms. The lowest BCUT2D eigenvalue weighted by Gasteiger charge is -2.33. The molecular formula is C15H25N3. The first kappa shape index (κ1) is 13.3. The van der Waals surface area contributed by atoms with E-state index in [-0.39, 0.29) is 5.54 Å². The molecule has 3 nitrogen and oxygen atoms in total. The molecule has 0 bridgehead atoms. The summed E-state index contributed by atoms with van der Waals surface area (Å²) in [7, 11) is 0. The first-order chi connectivity index (χ1) is 8.44. The van der Waals surface area contributed by atoms with Crippen molar-refractivity contribution in [1.82, 2.24) is 4.98 Å². The summed E-state index contributed by atoms with van der Waals surface area (Å²) in [5, 5.41) is 0. The molecule has 2 heterocycles. The highest BCUT2D eigenvalue weighted by Gasteiger charge is 2.33. The number of aromatic nitrogens is 1. The molecule has 0 unspecified atom stereocenters. The zero-order chi connectivity index (χ0) is 13.3. The number of anilines is 1. The van der Waals surface area contributed by atoms with Crippen molar-refractivity contribution >= 4 is 5.82 Å². The molecule has 0 atom stereocenters. The summed E-state index contributed by atoms with van der Waals surface area (Å²) in [5.74, 6) is 1.55. The summed E-state index contributed by atoms with van der Waals surface area (Å²) in [6, 6.07) is 4.29. The maximum atomic E-state index is 5.81. The van der Waals surface area contributed by atoms with Gasteiger partial charge in [-0.3, -0.25) is 0 Å². The second-order valence-corrected chi connectivity index (χ2v) is 6.18. The van der Waals surface area contributed by atoms with E-state index in [1.807, 2.05) is 0 Å². The van der Waals surface area contributed by atoms with Crippen molar-refractivity contribution in [2.24, 2.45) is 5.73 Å². The highest BCUT2D eigenvalue weighted by atomic mass is 15.3. The van der Waals surface area contributed by atoms with Crippen LogP contribution in [0.3, 0.4) is 0 Å². The van der Waals surface area contributed by atoms with Crippen LogP contribution in [0.5, 0.6) is 0 Å². The van der Waals surface area contributed by atoms with Crippen LogP contribution in [0.2, 0.25) is 0 Å². The molecule has 2 rings (SSSR count). The predicted molar refractivity (Wildman–Crippen MR) is 76.9 cm³/mol. The third-order valence-corrected chi connectivity index (χ3v) is 3.90. The fourth-order valence-corrected chi connectivity index (χ4v) is 2.68. The average Bonchev–Trinajstić information content (AvgIpc) is 2.68. The third-order valence-electron chi connectivity index (χ3n) is 3.90. The van der Waals surface area contributed by atoms with Crippen LogP contribution in [0.1, 0.15) is 57.7 Å². The molecule has 1 fully saturated rings. The predicted octanol–water partition coefficient (Wildman–Crippen LogP) is 3.04. The van der Waals surface area contributed by atoms with Crippen molar-refractivity contribution in [3.8, 4) is 0 Å². The quantitative estimate of drug-likeness (QED) is 0.892. The van der Waals surface area contributed by atoms with Crippen molar-refractivity contribution in [1.29, 1.82) is 0 Å². The van der Waals surface area contributed by atoms with Crippen LogP contribution in [0.4, 0.5) is 5.82 Å². The lowest BCUT2D eigenvalue weighted by Crippen LogP contribution is -2.38. The Balaban J connectivity index is 2.40. The van der Waals surface area contributed by atoms with Crippen LogP contribution in [0, 0.1) is 0 Å². The Kier molecular flexibility index (Phi) is 3.62. The summed E-state index contributed by atoms with van der Waals surface area (Å²) in [6.07, 6.45) is 2.48. The Bertz CT molecular complexity index is 424. The summed E-state index contributed by atoms with van der Waals surface area (Å²) >= 11 is 0. The molecule has 18 heavy (non-hydrogen) atoms. The standard InChI is InChI=1S/C15H25N3/c1-11(2)13-8-12(10-16)9-14(17-13)18-7-5-6-15(18,3)4/h8-9,11H,5-7,10,16H2,1-4H3. The molecule has 1 aliphatic rings. The molecule has 0 spiro atoms. The third kappa shape index (κ3) is 2.51. The Morgan fingerprint density at radius 1 is 1.39 bits per heavy atom. The Labute approximate surface area is 110 Å². The van der Waals surface area contributed by atoms with Gasteiger partial charge in [0.1, 0.15) is 5.82 Å². The fraction of sp³-hybridized carbons (Fsp3) is 0.667. The molecule has 1 saturated heterocycles. The number of pyridine rings is 1. The minimum atomic E-state index is 0.217. The van der Waals surface area contributed by atoms with Crippen molar-refractivity contribution in [2.45, 2.75) is 58.5 Å². The van der Waals surface area contributed by atoms with Gasteiger partial charge in [-0.15, -0.1) is 0 Å². The van der Waals surface area contributed by atoms with Gasteiger partial charge >= 0.3 is 0 Å². The molecule has 1 aromatic rings. The topological polar surface area (TPSA) is 42.1 Å². The first-order valence-corrected chi connectivity index (χ1v) is 6.92. The fourth-order valence-electron chi connectivity index (χ4n) is 2.68. The molecule has 0 saturated carbocycles. The van der Waals surface area contributed by atoms with Gasteiger partial charge in [0.15, 0.2) is 0 Å². The summed E-state index contributed by atoms with van der Waals surface area (Å²) in [5.41, 5.74) is 8.36. The molecule has 1 aromatic heterocycles. The zero-order valence-electron chi connectivity index (χ0n) is 12.0. The van der Waals surface area contributed by atoms with Crippen LogP contribution >= 0.6 is 0 Å². The van der Waals surface area contributed by atoms with Crippen LogP contribution in [-0.2, 0) is 6.54 Å². The normalized spacial score (nSPS) is 18.7. The van der Waals surface area contributed by atoms with Crippen molar-refractivity contribution < 1.29 is 0 Å². The average molecular weight is 247 g/mol. The van der Waals surface area contributed by atoms with E-state index in [2.05, 4.69) is 44.7 Å². The number of nitrogens with two attached hydrogens (primary N) is 1. The maximum Gasteiger partial charge on any atom is 0.129 e. The Morgan fingerprint density at radius 2 is 2.11 bits per heavy atom. The van der Waals surface area contributed by atoms with E-state index < -0.39 is 0 Å². The van der Waals surface area contributed by atoms with E-state index in [1.165, 1.54) is 18.4 Å². The van der Waals surface area contributed by atoms with Crippen LogP contribution in [0.25, 0.3) is 0 Å². The van der Waals surface area contributed by atoms with E-state index in [0.717, 1.165) is 18.1 Å². The maximum absolute atomic E-state index is 5.81. The van der Waals surface area contributed by atoms with Gasteiger partial charge in [0.2, 0.25) is 0 Å². The van der Waals surface area contributed by atoms with Gasteiger partial charge in [0.05, 0.1) is 0 Å². The number of hydrogen-bond donors (Lipinski definition) is 1. The van der Waals surface area contributed by atoms with Crippen LogP contribution in [0.15, 0.2) is 12.1 Å². The molecule has 100 valence electrons. The van der Waals surface area contributed by atoms with Crippen molar-refractivity contribution in [2.75, 3.05) is 11.4 Å². The molecule has 1 aliphatic heterocycles. The lowest BCUT2D eigenvalue weighted by molar-refractivity contribution is 0.513. The van der Waals surface area contributed by atoms with E-state index in [4.69, 9.17) is 10.7 Å². The number of nitrogens with zero attached hydrogens (tertiary/aromatic N) is 2. The van der Waals surface area contributed by atoms with Gasteiger partial charge in [-0.2, -0.15) is 0 Å². The first-order valence-electron chi connectivity index (χ1n) is 6.92. The molecular weight excluding hydrogens is 222 g/mol. The van der Waals surface area contributed by atoms with Gasteiger partial charge in [-0.05, 0) is 50.3 Å². The van der Waals surface area contributed by atoms with Gasteiger partial charge < -0.3 is 10.6 Å². The lowest BCUT2D eigenvalue weighted by atomic mass is 10.0. The van der Waals surface area contributed by atoms with Crippen LogP contribution in [-0.4, -0.2) is 17.1 Å². The second kappa shape index (κ2) is 4.88. The molecule has 0 radical (unpaired) electrons. The zero-order valence-corrected chi connectivity index (χ0v) is 12.0. The van der Waals surface area contributed by atoms with Gasteiger partial charge in [-0.1, -0.05) is 13.8 Å². The van der Waals surface area contributed by atoms with E-state index >= 15 is 0 Å². The number of rotatable bonds is 3. The second-order valence-electron chi connectivity index (χ2n) is 6.18. The van der Waals surface area contributed by atoms with E-state index in [9.17, 15) is 0 Å². The van der Waals surface area contributed by atoms with E-state index in [1.54, 1.807) is 0 Å². The van der Waals surface area contributed by atoms with E-state index in [0.29, 0.717) is 12.5 Å². The summed E-state index contributed by atoms with van der Waals surface area (Å²) in [4.78, 5) is 7.26. The van der Waals surface area contributed by atoms with Crippen molar-refractivity contribution in [3.05, 3.63) is 23.4 Å². The Hall–Kier alpha value is -1.09. The van der Waals surface area contributed by atoms with Gasteiger partial charge in [0, 0.05) is 24.3 Å². The molecule has 0 aromatic carbocycles.